The van der Waals surface area contributed by atoms with Crippen molar-refractivity contribution in [1.29, 1.82) is 0 Å². The van der Waals surface area contributed by atoms with Crippen LogP contribution in [0.3, 0.4) is 0 Å². The summed E-state index contributed by atoms with van der Waals surface area (Å²) in [6.45, 7) is 2.20. The molecule has 0 saturated heterocycles. The predicted octanol–water partition coefficient (Wildman–Crippen LogP) is 3.27. The first kappa shape index (κ1) is 22.4. The van der Waals surface area contributed by atoms with Gasteiger partial charge in [-0.25, -0.2) is 9.38 Å². The Balaban J connectivity index is 1.63. The lowest BCUT2D eigenvalue weighted by atomic mass is 9.86. The number of rotatable bonds is 6. The van der Waals surface area contributed by atoms with Crippen LogP contribution in [-0.2, 0) is 6.54 Å². The van der Waals surface area contributed by atoms with Crippen molar-refractivity contribution in [2.75, 3.05) is 6.54 Å². The lowest BCUT2D eigenvalue weighted by molar-refractivity contribution is -0.274. The normalized spacial score (nSPS) is 28.5. The van der Waals surface area contributed by atoms with E-state index in [0.29, 0.717) is 12.5 Å². The predicted molar refractivity (Wildman–Crippen MR) is 106 cm³/mol. The van der Waals surface area contributed by atoms with Crippen LogP contribution in [0.25, 0.3) is 0 Å². The van der Waals surface area contributed by atoms with Gasteiger partial charge in [0.05, 0.1) is 6.54 Å². The smallest absolute Gasteiger partial charge is 0.405 e. The van der Waals surface area contributed by atoms with Crippen molar-refractivity contribution >= 4 is 5.96 Å². The lowest BCUT2D eigenvalue weighted by Crippen LogP contribution is -2.63. The summed E-state index contributed by atoms with van der Waals surface area (Å²) in [5.74, 6) is -0.0881. The largest absolute Gasteiger partial charge is 0.573 e. The number of nitrogens with one attached hydrogen (secondary N) is 3. The molecule has 0 aromatic heterocycles. The number of guanidine groups is 1. The first-order chi connectivity index (χ1) is 14.1. The highest BCUT2D eigenvalue weighted by Gasteiger charge is 2.35. The number of nitrogens with two attached hydrogens (primary N) is 1. The first-order valence-electron chi connectivity index (χ1n) is 9.94. The van der Waals surface area contributed by atoms with E-state index >= 15 is 0 Å². The van der Waals surface area contributed by atoms with Gasteiger partial charge in [0, 0.05) is 24.4 Å². The minimum absolute atomic E-state index is 0.0758. The molecule has 1 unspecified atom stereocenters. The summed E-state index contributed by atoms with van der Waals surface area (Å²) < 4.78 is 56.2. The molecule has 3 rings (SSSR count). The Morgan fingerprint density at radius 3 is 2.63 bits per heavy atom. The highest BCUT2D eigenvalue weighted by Crippen LogP contribution is 2.27. The molecule has 1 atom stereocenters. The number of para-hydroxylation sites is 1. The Morgan fingerprint density at radius 1 is 1.23 bits per heavy atom. The highest BCUT2D eigenvalue weighted by molar-refractivity contribution is 5.83. The van der Waals surface area contributed by atoms with Gasteiger partial charge in [-0.15, -0.1) is 13.2 Å². The number of ether oxygens (including phenoxy) is 1. The van der Waals surface area contributed by atoms with Crippen LogP contribution >= 0.6 is 0 Å². The molecule has 1 fully saturated rings. The Morgan fingerprint density at radius 2 is 1.93 bits per heavy atom. The molecule has 30 heavy (non-hydrogen) atoms. The minimum Gasteiger partial charge on any atom is -0.405 e. The Hall–Kier alpha value is -2.33. The molecule has 1 heterocycles. The van der Waals surface area contributed by atoms with Crippen molar-refractivity contribution in [3.05, 3.63) is 41.9 Å². The molecular formula is C20H27F4N5O. The molecule has 6 nitrogen and oxygen atoms in total. The fraction of sp³-hybridized carbons (Fsp3) is 0.550. The van der Waals surface area contributed by atoms with Crippen molar-refractivity contribution in [3.8, 4) is 5.75 Å². The number of hydrogen-bond donors (Lipinski definition) is 4. The van der Waals surface area contributed by atoms with Crippen LogP contribution in [0.2, 0.25) is 0 Å². The van der Waals surface area contributed by atoms with E-state index in [4.69, 9.17) is 5.73 Å². The van der Waals surface area contributed by atoms with Crippen LogP contribution in [0.5, 0.6) is 5.75 Å². The second kappa shape index (κ2) is 9.22. The van der Waals surface area contributed by atoms with Gasteiger partial charge in [0.2, 0.25) is 0 Å². The number of benzene rings is 1. The molecule has 1 aromatic carbocycles. The molecule has 0 spiro atoms. The van der Waals surface area contributed by atoms with Gasteiger partial charge in [-0.1, -0.05) is 18.2 Å². The number of aliphatic imine (C=N–C) groups is 1. The molecule has 166 valence electrons. The Bertz CT molecular complexity index is 790. The molecule has 0 radical (unpaired) electrons. The molecule has 2 aliphatic rings. The van der Waals surface area contributed by atoms with E-state index in [1.807, 2.05) is 0 Å². The maximum atomic E-state index is 14.5. The summed E-state index contributed by atoms with van der Waals surface area (Å²) in [5, 5.41) is 8.86. The number of hydrogen-bond acceptors (Lipinski definition) is 4. The van der Waals surface area contributed by atoms with Gasteiger partial charge in [-0.3, -0.25) is 5.32 Å². The van der Waals surface area contributed by atoms with Gasteiger partial charge in [0.1, 0.15) is 11.4 Å². The van der Waals surface area contributed by atoms with E-state index in [9.17, 15) is 17.6 Å². The average Bonchev–Trinajstić information content (AvgIpc) is 2.68. The van der Waals surface area contributed by atoms with Crippen LogP contribution in [0.4, 0.5) is 17.6 Å². The topological polar surface area (TPSA) is 83.7 Å². The molecule has 1 aliphatic carbocycles. The zero-order chi connectivity index (χ0) is 21.8. The quantitative estimate of drug-likeness (QED) is 0.522. The standard InChI is InChI=1S/C20H27F4N5O/c1-19(28-10-13-6-8-15(25)9-7-13)17(21)12-27-18(29-19)26-11-14-4-2-3-5-16(14)30-20(22,23)24/h2-5,12-13,15,28H,6-11,25H2,1H3,(H2,26,27,29). The van der Waals surface area contributed by atoms with Crippen LogP contribution in [0.15, 0.2) is 41.3 Å². The average molecular weight is 429 g/mol. The maximum absolute atomic E-state index is 14.5. The van der Waals surface area contributed by atoms with E-state index in [1.165, 1.54) is 24.4 Å². The lowest BCUT2D eigenvalue weighted by Gasteiger charge is -2.37. The van der Waals surface area contributed by atoms with Crippen molar-refractivity contribution in [3.63, 3.8) is 0 Å². The van der Waals surface area contributed by atoms with Crippen molar-refractivity contribution in [1.82, 2.24) is 16.0 Å². The van der Waals surface area contributed by atoms with E-state index in [1.54, 1.807) is 13.0 Å². The molecule has 1 aliphatic heterocycles. The molecule has 10 heteroatoms. The van der Waals surface area contributed by atoms with Gasteiger partial charge < -0.3 is 21.1 Å². The molecule has 1 aromatic rings. The summed E-state index contributed by atoms with van der Waals surface area (Å²) in [6, 6.07) is 6.02. The van der Waals surface area contributed by atoms with Crippen molar-refractivity contribution < 1.29 is 22.3 Å². The fourth-order valence-electron chi connectivity index (χ4n) is 3.59. The van der Waals surface area contributed by atoms with Crippen LogP contribution in [0, 0.1) is 5.92 Å². The van der Waals surface area contributed by atoms with E-state index in [-0.39, 0.29) is 29.9 Å². The monoisotopic (exact) mass is 429 g/mol. The third-order valence-corrected chi connectivity index (χ3v) is 5.42. The van der Waals surface area contributed by atoms with Crippen molar-refractivity contribution in [2.24, 2.45) is 16.6 Å². The molecular weight excluding hydrogens is 402 g/mol. The Kier molecular flexibility index (Phi) is 6.87. The third kappa shape index (κ3) is 6.09. The van der Waals surface area contributed by atoms with E-state index in [0.717, 1.165) is 25.7 Å². The van der Waals surface area contributed by atoms with Gasteiger partial charge >= 0.3 is 6.36 Å². The third-order valence-electron chi connectivity index (χ3n) is 5.42. The fourth-order valence-corrected chi connectivity index (χ4v) is 3.59. The molecule has 5 N–H and O–H groups in total. The van der Waals surface area contributed by atoms with Gasteiger partial charge in [-0.05, 0) is 44.6 Å². The summed E-state index contributed by atoms with van der Waals surface area (Å²) in [7, 11) is 0. The van der Waals surface area contributed by atoms with Crippen LogP contribution < -0.4 is 26.4 Å². The first-order valence-corrected chi connectivity index (χ1v) is 9.94. The SMILES string of the molecule is CC1(NCC2CCC(N)CC2)NC(=NCc2ccccc2OC(F)(F)F)NC=C1F. The number of nitrogens with zero attached hydrogens (tertiary/aromatic N) is 1. The zero-order valence-electron chi connectivity index (χ0n) is 16.7. The Labute approximate surface area is 172 Å². The summed E-state index contributed by atoms with van der Waals surface area (Å²) in [6.07, 6.45) is 0.305. The summed E-state index contributed by atoms with van der Waals surface area (Å²) >= 11 is 0. The van der Waals surface area contributed by atoms with E-state index in [2.05, 4.69) is 25.7 Å². The number of halogens is 4. The second-order valence-electron chi connectivity index (χ2n) is 7.87. The second-order valence-corrected chi connectivity index (χ2v) is 7.87. The van der Waals surface area contributed by atoms with Crippen LogP contribution in [-0.4, -0.2) is 30.6 Å². The maximum Gasteiger partial charge on any atom is 0.573 e. The molecule has 0 bridgehead atoms. The molecule has 0 amide bonds. The minimum atomic E-state index is -4.79. The van der Waals surface area contributed by atoms with Crippen LogP contribution in [0.1, 0.15) is 38.2 Å². The van der Waals surface area contributed by atoms with Gasteiger partial charge in [0.25, 0.3) is 0 Å². The summed E-state index contributed by atoms with van der Waals surface area (Å²) in [5.41, 5.74) is 5.03. The zero-order valence-corrected chi connectivity index (χ0v) is 16.7. The van der Waals surface area contributed by atoms with Gasteiger partial charge in [0.15, 0.2) is 11.8 Å². The summed E-state index contributed by atoms with van der Waals surface area (Å²) in [4.78, 5) is 4.26. The molecule has 1 saturated carbocycles. The van der Waals surface area contributed by atoms with Gasteiger partial charge in [-0.2, -0.15) is 0 Å². The van der Waals surface area contributed by atoms with E-state index < -0.39 is 17.9 Å². The van der Waals surface area contributed by atoms with Crippen molar-refractivity contribution in [2.45, 2.75) is 57.2 Å². The number of alkyl halides is 3. The highest BCUT2D eigenvalue weighted by atomic mass is 19.4.